The summed E-state index contributed by atoms with van der Waals surface area (Å²) >= 11 is 0. The standard InChI is InChI=1S/C20H25N5O2/c1-12(2)25-19-15(5)23-24(20(27)17(19)10-21-25)11-18(26)22-14(4)16-8-6-13(3)7-9-16/h6-10,12,14H,11H2,1-5H3,(H,22,26)/t14-/m0/s1. The van der Waals surface area contributed by atoms with E-state index in [0.717, 1.165) is 11.1 Å². The molecule has 0 saturated heterocycles. The van der Waals surface area contributed by atoms with Gasteiger partial charge >= 0.3 is 0 Å². The third-order valence-electron chi connectivity index (χ3n) is 4.61. The molecule has 3 rings (SSSR count). The van der Waals surface area contributed by atoms with Gasteiger partial charge in [0.2, 0.25) is 5.91 Å². The zero-order chi connectivity index (χ0) is 19.7. The first-order valence-electron chi connectivity index (χ1n) is 9.08. The summed E-state index contributed by atoms with van der Waals surface area (Å²) in [5, 5.41) is 12.0. The maximum atomic E-state index is 12.7. The Morgan fingerprint density at radius 1 is 1.15 bits per heavy atom. The number of rotatable bonds is 5. The topological polar surface area (TPSA) is 81.8 Å². The first kappa shape index (κ1) is 18.8. The summed E-state index contributed by atoms with van der Waals surface area (Å²) in [6.07, 6.45) is 1.55. The molecule has 1 aromatic carbocycles. The number of carbonyl (C=O) groups is 1. The Labute approximate surface area is 158 Å². The van der Waals surface area contributed by atoms with Crippen LogP contribution < -0.4 is 10.9 Å². The van der Waals surface area contributed by atoms with Crippen molar-refractivity contribution in [3.8, 4) is 0 Å². The summed E-state index contributed by atoms with van der Waals surface area (Å²) in [5.41, 5.74) is 3.27. The molecule has 0 aliphatic rings. The summed E-state index contributed by atoms with van der Waals surface area (Å²) in [7, 11) is 0. The fourth-order valence-corrected chi connectivity index (χ4v) is 3.15. The van der Waals surface area contributed by atoms with E-state index in [4.69, 9.17) is 0 Å². The molecule has 2 heterocycles. The Hall–Kier alpha value is -2.96. The van der Waals surface area contributed by atoms with E-state index in [1.165, 1.54) is 10.2 Å². The highest BCUT2D eigenvalue weighted by Crippen LogP contribution is 2.17. The van der Waals surface area contributed by atoms with E-state index in [2.05, 4.69) is 15.5 Å². The molecule has 7 nitrogen and oxygen atoms in total. The van der Waals surface area contributed by atoms with Crippen molar-refractivity contribution in [3.05, 3.63) is 57.6 Å². The number of fused-ring (bicyclic) bond motifs is 1. The molecule has 27 heavy (non-hydrogen) atoms. The monoisotopic (exact) mass is 367 g/mol. The first-order chi connectivity index (χ1) is 12.8. The number of nitrogens with zero attached hydrogens (tertiary/aromatic N) is 4. The number of amides is 1. The van der Waals surface area contributed by atoms with Crippen molar-refractivity contribution in [1.29, 1.82) is 0 Å². The average molecular weight is 367 g/mol. The van der Waals surface area contributed by atoms with Gasteiger partial charge in [0.25, 0.3) is 5.56 Å². The van der Waals surface area contributed by atoms with Gasteiger partial charge < -0.3 is 5.32 Å². The van der Waals surface area contributed by atoms with Gasteiger partial charge in [0.05, 0.1) is 28.8 Å². The van der Waals surface area contributed by atoms with E-state index in [9.17, 15) is 9.59 Å². The second-order valence-electron chi connectivity index (χ2n) is 7.19. The second kappa shape index (κ2) is 7.34. The van der Waals surface area contributed by atoms with E-state index >= 15 is 0 Å². The summed E-state index contributed by atoms with van der Waals surface area (Å²) in [6, 6.07) is 7.96. The van der Waals surface area contributed by atoms with Gasteiger partial charge in [-0.05, 0) is 40.2 Å². The van der Waals surface area contributed by atoms with Gasteiger partial charge in [-0.15, -0.1) is 0 Å². The molecule has 0 unspecified atom stereocenters. The molecule has 3 aromatic rings. The molecule has 0 aliphatic heterocycles. The summed E-state index contributed by atoms with van der Waals surface area (Å²) in [4.78, 5) is 25.2. The third kappa shape index (κ3) is 3.77. The maximum Gasteiger partial charge on any atom is 0.278 e. The Kier molecular flexibility index (Phi) is 5.12. The number of hydrogen-bond acceptors (Lipinski definition) is 4. The largest absolute Gasteiger partial charge is 0.348 e. The van der Waals surface area contributed by atoms with Gasteiger partial charge in [0.1, 0.15) is 6.54 Å². The van der Waals surface area contributed by atoms with Crippen LogP contribution in [0.1, 0.15) is 49.7 Å². The molecule has 7 heteroatoms. The minimum absolute atomic E-state index is 0.122. The molecule has 1 atom stereocenters. The molecule has 0 bridgehead atoms. The Morgan fingerprint density at radius 2 is 1.81 bits per heavy atom. The minimum Gasteiger partial charge on any atom is -0.348 e. The van der Waals surface area contributed by atoms with Crippen molar-refractivity contribution >= 4 is 16.8 Å². The summed E-state index contributed by atoms with van der Waals surface area (Å²) in [6.45, 7) is 9.63. The average Bonchev–Trinajstić information content (AvgIpc) is 3.06. The number of aryl methyl sites for hydroxylation is 2. The van der Waals surface area contributed by atoms with Crippen molar-refractivity contribution in [3.63, 3.8) is 0 Å². The van der Waals surface area contributed by atoms with E-state index in [0.29, 0.717) is 11.1 Å². The van der Waals surface area contributed by atoms with Crippen LogP contribution >= 0.6 is 0 Å². The molecule has 0 aliphatic carbocycles. The van der Waals surface area contributed by atoms with Gasteiger partial charge in [-0.1, -0.05) is 29.8 Å². The van der Waals surface area contributed by atoms with Crippen LogP contribution in [0.4, 0.5) is 0 Å². The normalized spacial score (nSPS) is 12.5. The molecule has 0 radical (unpaired) electrons. The summed E-state index contributed by atoms with van der Waals surface area (Å²) < 4.78 is 2.99. The van der Waals surface area contributed by atoms with Crippen molar-refractivity contribution in [2.45, 2.75) is 53.2 Å². The van der Waals surface area contributed by atoms with Gasteiger partial charge in [-0.2, -0.15) is 10.2 Å². The smallest absolute Gasteiger partial charge is 0.278 e. The lowest BCUT2D eigenvalue weighted by Gasteiger charge is -2.15. The number of benzene rings is 1. The Morgan fingerprint density at radius 3 is 2.44 bits per heavy atom. The van der Waals surface area contributed by atoms with E-state index in [1.54, 1.807) is 10.9 Å². The third-order valence-corrected chi connectivity index (χ3v) is 4.61. The molecule has 0 saturated carbocycles. The summed E-state index contributed by atoms with van der Waals surface area (Å²) in [5.74, 6) is -0.257. The lowest BCUT2D eigenvalue weighted by Crippen LogP contribution is -2.35. The number of aromatic nitrogens is 4. The molecular formula is C20H25N5O2. The number of hydrogen-bond donors (Lipinski definition) is 1. The minimum atomic E-state index is -0.305. The van der Waals surface area contributed by atoms with Crippen LogP contribution in [0.25, 0.3) is 10.9 Å². The predicted molar refractivity (Wildman–Crippen MR) is 105 cm³/mol. The van der Waals surface area contributed by atoms with Crippen LogP contribution in [0.3, 0.4) is 0 Å². The van der Waals surface area contributed by atoms with Gasteiger partial charge in [-0.3, -0.25) is 14.3 Å². The molecule has 2 aromatic heterocycles. The van der Waals surface area contributed by atoms with E-state index < -0.39 is 0 Å². The second-order valence-corrected chi connectivity index (χ2v) is 7.19. The van der Waals surface area contributed by atoms with Gasteiger partial charge in [0.15, 0.2) is 0 Å². The highest BCUT2D eigenvalue weighted by molar-refractivity contribution is 5.80. The van der Waals surface area contributed by atoms with Crippen LogP contribution in [-0.2, 0) is 11.3 Å². The van der Waals surface area contributed by atoms with Crippen molar-refractivity contribution in [1.82, 2.24) is 24.9 Å². The van der Waals surface area contributed by atoms with E-state index in [-0.39, 0.29) is 30.1 Å². The van der Waals surface area contributed by atoms with Crippen molar-refractivity contribution in [2.75, 3.05) is 0 Å². The van der Waals surface area contributed by atoms with Crippen LogP contribution in [0, 0.1) is 13.8 Å². The van der Waals surface area contributed by atoms with Crippen LogP contribution in [0.15, 0.2) is 35.3 Å². The van der Waals surface area contributed by atoms with Crippen LogP contribution in [0.2, 0.25) is 0 Å². The Bertz CT molecular complexity index is 1030. The number of nitrogens with one attached hydrogen (secondary N) is 1. The lowest BCUT2D eigenvalue weighted by molar-refractivity contribution is -0.122. The Balaban J connectivity index is 1.82. The SMILES string of the molecule is Cc1ccc([C@H](C)NC(=O)Cn2nc(C)c3c(cnn3C(C)C)c2=O)cc1. The van der Waals surface area contributed by atoms with E-state index in [1.807, 2.05) is 58.9 Å². The lowest BCUT2D eigenvalue weighted by atomic mass is 10.1. The van der Waals surface area contributed by atoms with Crippen molar-refractivity contribution in [2.24, 2.45) is 0 Å². The molecule has 0 fully saturated rings. The molecule has 142 valence electrons. The molecule has 0 spiro atoms. The fraction of sp³-hybridized carbons (Fsp3) is 0.400. The zero-order valence-electron chi connectivity index (χ0n) is 16.4. The highest BCUT2D eigenvalue weighted by atomic mass is 16.2. The quantitative estimate of drug-likeness (QED) is 0.752. The molecule has 1 N–H and O–H groups in total. The zero-order valence-corrected chi connectivity index (χ0v) is 16.4. The predicted octanol–water partition coefficient (Wildman–Crippen LogP) is 2.67. The maximum absolute atomic E-state index is 12.7. The molecular weight excluding hydrogens is 342 g/mol. The highest BCUT2D eigenvalue weighted by Gasteiger charge is 2.17. The van der Waals surface area contributed by atoms with Crippen molar-refractivity contribution < 1.29 is 4.79 Å². The molecule has 1 amide bonds. The first-order valence-corrected chi connectivity index (χ1v) is 9.08. The number of carbonyl (C=O) groups excluding carboxylic acids is 1. The van der Waals surface area contributed by atoms with Gasteiger partial charge in [-0.25, -0.2) is 4.68 Å². The van der Waals surface area contributed by atoms with Crippen LogP contribution in [-0.4, -0.2) is 25.5 Å². The van der Waals surface area contributed by atoms with Gasteiger partial charge in [0, 0.05) is 6.04 Å². The van der Waals surface area contributed by atoms with Crippen LogP contribution in [0.5, 0.6) is 0 Å². The fourth-order valence-electron chi connectivity index (χ4n) is 3.15.